The number of aryl methyl sites for hydroxylation is 3. The summed E-state index contributed by atoms with van der Waals surface area (Å²) < 4.78 is 93.6. The lowest BCUT2D eigenvalue weighted by molar-refractivity contribution is 0.0697. The number of benzene rings is 3. The maximum atomic E-state index is 13.7. The van der Waals surface area contributed by atoms with Gasteiger partial charge in [0.05, 0.1) is 98.1 Å². The lowest BCUT2D eigenvalue weighted by Gasteiger charge is -2.35. The summed E-state index contributed by atoms with van der Waals surface area (Å²) in [6.45, 7) is 5.37. The Bertz CT molecular complexity index is 5540. The topological polar surface area (TPSA) is 479 Å². The molecule has 3 aromatic carbocycles. The standard InChI is InChI=1S/C26H30ClN5O5S2.C26H27N5O6S2.C25H27ClN4O6S2/c1-14-3-4-15-5-6-32(2)23(18(15)7-14)19-10-22(38-25(19)27)24(34)20-11-29-13-30-26(20)31-17-8-16(21(33)9-17)12-37-39(28,35)36;1-14-19(25-20-6-15(10-27)2-3-16(20)4-5-36-25)9-23(38-14)24(33)21-11-29-13-30-26(21)31-18-7-17(22(32)8-18)12-37-39(28,34)35;26-17-4-3-14-2-1-5-35-24(19(14)8-17)16-7-22(37-12-16)23(32)20-10-28-13-29-25(20)30-18-6-15(21(31)9-18)11-36-38(27,33)34/h3-4,7,10-11,13,16-17,21,23,33H,5-6,8-9,12H2,1-2H3,(H2,28,35,36)(H,29,30,31);2-3,6,9,11,13,17-18,22,25,32H,4-5,7-8,12H2,1H3,(H2,28,34,35)(H,29,30,31);3-4,7-8,10,12-13,15,18,21,24,31H,1-2,5-6,9,11H2,(H2,27,33,34)(H,28,29,30)/t16-,17-,21+,23?;17-,18-,22+,25?;15-,18-,21+,24?/m111/s1. The smallest absolute Gasteiger partial charge is 0.333 e. The SMILES string of the molecule is Cc1ccc2c(c1)C(c1cc(C(=O)c3cncnc3N[C@@H]3C[C@H](COS(N)(=O)=O)[C@@H](O)C3)sc1Cl)N(C)CC2.Cc1sc(C(=O)c2cncnc2N[C@@H]2C[C@H](COS(N)(=O)=O)[C@@H](O)C2)cc1C1OCCc2ccc(C#N)cc21.NS(=O)(=O)OC[C@H]1C[C@@H](Nc2ncncc2C(=O)c2cc(C3OCCCc4ccc(Cl)cc43)cs2)C[C@@H]1O. The highest BCUT2D eigenvalue weighted by atomic mass is 35.5. The zero-order chi connectivity index (χ0) is 82.5. The van der Waals surface area contributed by atoms with Crippen molar-refractivity contribution in [2.75, 3.05) is 62.6 Å². The number of ketones is 3. The van der Waals surface area contributed by atoms with Gasteiger partial charge in [-0.3, -0.25) is 31.8 Å². The Kier molecular flexibility index (Phi) is 27.4. The molecule has 3 fully saturated rings. The van der Waals surface area contributed by atoms with Crippen molar-refractivity contribution in [2.24, 2.45) is 33.2 Å². The minimum absolute atomic E-state index is 0.0555. The van der Waals surface area contributed by atoms with Crippen LogP contribution in [0.4, 0.5) is 17.5 Å². The van der Waals surface area contributed by atoms with Crippen LogP contribution in [0.2, 0.25) is 9.36 Å². The molecule has 12 atom stereocenters. The van der Waals surface area contributed by atoms with Crippen LogP contribution in [0.25, 0.3) is 0 Å². The van der Waals surface area contributed by atoms with Gasteiger partial charge >= 0.3 is 30.9 Å². The van der Waals surface area contributed by atoms with E-state index in [9.17, 15) is 60.2 Å². The van der Waals surface area contributed by atoms with Crippen LogP contribution >= 0.6 is 57.2 Å². The number of aliphatic hydroxyl groups excluding tert-OH is 3. The van der Waals surface area contributed by atoms with Gasteiger partial charge < -0.3 is 40.7 Å². The number of hydrogen-bond acceptors (Lipinski definition) is 31. The van der Waals surface area contributed by atoms with E-state index in [2.05, 4.69) is 102 Å². The van der Waals surface area contributed by atoms with Crippen LogP contribution in [0.3, 0.4) is 0 Å². The van der Waals surface area contributed by atoms with E-state index in [1.807, 2.05) is 60.8 Å². The number of carbonyl (C=O) groups excluding carboxylic acids is 3. The average Bonchev–Trinajstić information content (AvgIpc) is 1.55. The van der Waals surface area contributed by atoms with Gasteiger partial charge in [-0.05, 0) is 177 Å². The molecule has 0 bridgehead atoms. The Morgan fingerprint density at radius 3 is 1.58 bits per heavy atom. The molecular weight excluding hydrogens is 1660 g/mol. The second-order valence-electron chi connectivity index (χ2n) is 29.4. The summed E-state index contributed by atoms with van der Waals surface area (Å²) in [4.78, 5) is 70.5. The third kappa shape index (κ3) is 21.1. The quantitative estimate of drug-likeness (QED) is 0.0255. The Labute approximate surface area is 692 Å². The van der Waals surface area contributed by atoms with Crippen molar-refractivity contribution < 1.29 is 77.0 Å². The first-order valence-corrected chi connectivity index (χ1v) is 44.7. The Balaban J connectivity index is 0.000000151. The van der Waals surface area contributed by atoms with E-state index in [4.69, 9.17) is 48.1 Å². The number of nitrogens with one attached hydrogen (secondary N) is 3. The Hall–Kier alpha value is -8.15. The number of anilines is 3. The van der Waals surface area contributed by atoms with Gasteiger partial charge in [0.15, 0.2) is 0 Å². The van der Waals surface area contributed by atoms with Gasteiger partial charge in [0.1, 0.15) is 48.6 Å². The van der Waals surface area contributed by atoms with Crippen molar-refractivity contribution in [3.05, 3.63) is 223 Å². The van der Waals surface area contributed by atoms with E-state index in [1.54, 1.807) is 6.07 Å². The molecule has 0 spiro atoms. The number of nitriles is 1. The summed E-state index contributed by atoms with van der Waals surface area (Å²) in [5.74, 6) is -1.05. The second kappa shape index (κ2) is 37.0. The number of nitrogens with zero attached hydrogens (tertiary/aromatic N) is 8. The molecule has 6 aromatic heterocycles. The zero-order valence-corrected chi connectivity index (χ0v) is 69.2. The molecule has 3 saturated carbocycles. The number of aromatic nitrogens is 6. The average molecular weight is 1740 g/mol. The van der Waals surface area contributed by atoms with Crippen LogP contribution in [0.15, 0.2) is 116 Å². The molecule has 3 aliphatic heterocycles. The van der Waals surface area contributed by atoms with Gasteiger partial charge in [-0.15, -0.1) is 34.0 Å². The molecule has 116 heavy (non-hydrogen) atoms. The van der Waals surface area contributed by atoms with Crippen molar-refractivity contribution in [3.63, 3.8) is 0 Å². The highest BCUT2D eigenvalue weighted by Gasteiger charge is 2.40. The molecule has 0 amide bonds. The summed E-state index contributed by atoms with van der Waals surface area (Å²) in [6, 6.07) is 24.8. The van der Waals surface area contributed by atoms with Crippen molar-refractivity contribution in [2.45, 2.75) is 133 Å². The largest absolute Gasteiger partial charge is 0.393 e. The lowest BCUT2D eigenvalue weighted by Crippen LogP contribution is -2.32. The Morgan fingerprint density at radius 2 is 1.04 bits per heavy atom. The van der Waals surface area contributed by atoms with E-state index >= 15 is 0 Å². The molecule has 614 valence electrons. The first-order valence-electron chi connectivity index (χ1n) is 37.0. The third-order valence-corrected chi connectivity index (χ3v) is 26.3. The molecule has 0 saturated heterocycles. The van der Waals surface area contributed by atoms with Crippen molar-refractivity contribution in [3.8, 4) is 6.07 Å². The maximum Gasteiger partial charge on any atom is 0.333 e. The van der Waals surface area contributed by atoms with E-state index in [-0.39, 0.29) is 84.7 Å². The molecule has 31 nitrogen and oxygen atoms in total. The highest BCUT2D eigenvalue weighted by molar-refractivity contribution is 7.84. The highest BCUT2D eigenvalue weighted by Crippen LogP contribution is 2.45. The number of rotatable bonds is 24. The fourth-order valence-corrected chi connectivity index (χ4v) is 20.0. The monoisotopic (exact) mass is 1740 g/mol. The van der Waals surface area contributed by atoms with E-state index < -0.39 is 67.0 Å². The lowest BCUT2D eigenvalue weighted by atomic mass is 9.88. The molecule has 3 aliphatic carbocycles. The number of thiophene rings is 3. The summed E-state index contributed by atoms with van der Waals surface area (Å²) in [7, 11) is -10.2. The fourth-order valence-electron chi connectivity index (χ4n) is 15.6. The summed E-state index contributed by atoms with van der Waals surface area (Å²) in [5.41, 5.74) is 12.0. The minimum Gasteiger partial charge on any atom is -0.393 e. The summed E-state index contributed by atoms with van der Waals surface area (Å²) in [5, 5.41) is 67.4. The molecule has 12 N–H and O–H groups in total. The summed E-state index contributed by atoms with van der Waals surface area (Å²) in [6.07, 6.45) is 11.1. The predicted octanol–water partition coefficient (Wildman–Crippen LogP) is 8.71. The fraction of sp³-hybridized carbons (Fsp3) is 0.403. The molecular formula is C77H84Cl2N14O17S6. The zero-order valence-electron chi connectivity index (χ0n) is 62.8. The van der Waals surface area contributed by atoms with Gasteiger partial charge in [0.25, 0.3) is 0 Å². The number of hydrogen-bond donors (Lipinski definition) is 9. The van der Waals surface area contributed by atoms with Crippen LogP contribution in [-0.4, -0.2) is 176 Å². The first kappa shape index (κ1) is 85.7. The molecule has 6 aliphatic rings. The van der Waals surface area contributed by atoms with Crippen LogP contribution in [-0.2, 0) is 72.2 Å². The van der Waals surface area contributed by atoms with Crippen LogP contribution < -0.4 is 31.4 Å². The summed E-state index contributed by atoms with van der Waals surface area (Å²) >= 11 is 16.9. The maximum absolute atomic E-state index is 13.7. The number of carbonyl (C=O) groups is 3. The third-order valence-electron chi connectivity index (χ3n) is 21.3. The molecule has 0 radical (unpaired) electrons. The van der Waals surface area contributed by atoms with Gasteiger partial charge in [0, 0.05) is 83.1 Å². The van der Waals surface area contributed by atoms with E-state index in [1.165, 1.54) is 93.8 Å². The predicted molar refractivity (Wildman–Crippen MR) is 434 cm³/mol. The van der Waals surface area contributed by atoms with Crippen molar-refractivity contribution in [1.82, 2.24) is 34.8 Å². The van der Waals surface area contributed by atoms with Gasteiger partial charge in [-0.1, -0.05) is 59.1 Å². The van der Waals surface area contributed by atoms with E-state index in [0.717, 1.165) is 70.5 Å². The van der Waals surface area contributed by atoms with Crippen molar-refractivity contribution >= 4 is 123 Å². The molecule has 9 aromatic rings. The number of ether oxygens (including phenoxy) is 2. The van der Waals surface area contributed by atoms with Crippen LogP contribution in [0.1, 0.15) is 175 Å². The van der Waals surface area contributed by atoms with E-state index in [0.29, 0.717) is 104 Å². The second-order valence-corrected chi connectivity index (χ2v) is 37.3. The van der Waals surface area contributed by atoms with Gasteiger partial charge in [0.2, 0.25) is 17.3 Å². The van der Waals surface area contributed by atoms with Crippen molar-refractivity contribution in [1.29, 1.82) is 5.26 Å². The number of nitrogens with two attached hydrogens (primary N) is 3. The normalized spacial score (nSPS) is 23.3. The van der Waals surface area contributed by atoms with Gasteiger partial charge in [-0.25, -0.2) is 45.3 Å². The Morgan fingerprint density at radius 1 is 0.569 bits per heavy atom. The number of likely N-dealkylation sites (N-methyl/N-ethyl adjacent to an activating group) is 1. The molecule has 15 rings (SSSR count). The first-order chi connectivity index (χ1) is 55.3. The number of halogens is 2. The number of fused-ring (bicyclic) bond motifs is 3. The van der Waals surface area contributed by atoms with Crippen LogP contribution in [0, 0.1) is 42.9 Å². The van der Waals surface area contributed by atoms with Crippen LogP contribution in [0.5, 0.6) is 0 Å². The molecule has 9 heterocycles. The molecule has 3 unspecified atom stereocenters. The minimum atomic E-state index is -4.11. The molecule has 39 heteroatoms. The number of aliphatic hydroxyl groups is 3. The van der Waals surface area contributed by atoms with Gasteiger partial charge in [-0.2, -0.15) is 30.5 Å².